The summed E-state index contributed by atoms with van der Waals surface area (Å²) in [6.07, 6.45) is 8.31. The minimum Gasteiger partial charge on any atom is -0.452 e. The summed E-state index contributed by atoms with van der Waals surface area (Å²) in [7, 11) is 0. The first-order valence-electron chi connectivity index (χ1n) is 10.3. The number of esters is 1. The highest BCUT2D eigenvalue weighted by Crippen LogP contribution is 2.38. The van der Waals surface area contributed by atoms with Crippen molar-refractivity contribution in [3.05, 3.63) is 33.2 Å². The molecule has 2 fully saturated rings. The van der Waals surface area contributed by atoms with Gasteiger partial charge in [0.2, 0.25) is 0 Å². The number of pyridine rings is 1. The molecule has 0 bridgehead atoms. The Kier molecular flexibility index (Phi) is 5.06. The number of nitrogens with one attached hydrogen (secondary N) is 1. The van der Waals surface area contributed by atoms with Gasteiger partial charge in [0.25, 0.3) is 11.5 Å². The molecule has 3 atom stereocenters. The van der Waals surface area contributed by atoms with Gasteiger partial charge in [-0.2, -0.15) is 0 Å². The minimum atomic E-state index is -0.704. The Labute approximate surface area is 159 Å². The Morgan fingerprint density at radius 2 is 2.00 bits per heavy atom. The molecule has 1 aromatic heterocycles. The number of hydrogen-bond acceptors (Lipinski definition) is 4. The average molecular weight is 372 g/mol. The lowest BCUT2D eigenvalue weighted by molar-refractivity contribution is -0.142. The summed E-state index contributed by atoms with van der Waals surface area (Å²) >= 11 is 0. The van der Waals surface area contributed by atoms with Crippen LogP contribution in [0.1, 0.15) is 67.1 Å². The average Bonchev–Trinajstić information content (AvgIpc) is 3.13. The van der Waals surface area contributed by atoms with E-state index in [-0.39, 0.29) is 24.1 Å². The van der Waals surface area contributed by atoms with Crippen LogP contribution in [0.5, 0.6) is 0 Å². The van der Waals surface area contributed by atoms with E-state index >= 15 is 0 Å². The number of aromatic amines is 1. The Balaban J connectivity index is 1.40. The molecule has 2 aliphatic carbocycles. The first-order valence-corrected chi connectivity index (χ1v) is 10.3. The van der Waals surface area contributed by atoms with E-state index < -0.39 is 11.5 Å². The van der Waals surface area contributed by atoms with Gasteiger partial charge in [-0.25, -0.2) is 4.79 Å². The van der Waals surface area contributed by atoms with Crippen LogP contribution in [0.25, 0.3) is 0 Å². The van der Waals surface area contributed by atoms with Crippen molar-refractivity contribution in [2.24, 2.45) is 11.8 Å². The van der Waals surface area contributed by atoms with Gasteiger partial charge in [0.1, 0.15) is 5.56 Å². The summed E-state index contributed by atoms with van der Waals surface area (Å²) in [4.78, 5) is 41.9. The van der Waals surface area contributed by atoms with Gasteiger partial charge >= 0.3 is 5.97 Å². The fourth-order valence-corrected chi connectivity index (χ4v) is 5.18. The van der Waals surface area contributed by atoms with Crippen molar-refractivity contribution in [3.63, 3.8) is 0 Å². The van der Waals surface area contributed by atoms with Crippen LogP contribution < -0.4 is 5.56 Å². The molecule has 0 radical (unpaired) electrons. The molecule has 146 valence electrons. The normalized spacial score (nSPS) is 27.0. The van der Waals surface area contributed by atoms with E-state index in [2.05, 4.69) is 11.9 Å². The number of hydrogen-bond donors (Lipinski definition) is 1. The molecule has 0 unspecified atom stereocenters. The maximum absolute atomic E-state index is 12.7. The predicted molar refractivity (Wildman–Crippen MR) is 101 cm³/mol. The second kappa shape index (κ2) is 7.49. The SMILES string of the molecule is C[C@@H]1CCN(C(=O)COC(=O)c2cc3c([nH]c2=O)CCC3)[C@@H]2CCCC[C@H]12. The topological polar surface area (TPSA) is 79.5 Å². The number of carbonyl (C=O) groups is 2. The number of amides is 1. The molecule has 1 saturated heterocycles. The van der Waals surface area contributed by atoms with Crippen molar-refractivity contribution in [1.29, 1.82) is 0 Å². The Hall–Kier alpha value is -2.11. The summed E-state index contributed by atoms with van der Waals surface area (Å²) in [5.41, 5.74) is 1.50. The molecule has 1 saturated carbocycles. The van der Waals surface area contributed by atoms with Crippen LogP contribution in [0.4, 0.5) is 0 Å². The molecule has 1 aromatic rings. The smallest absolute Gasteiger partial charge is 0.344 e. The highest BCUT2D eigenvalue weighted by Gasteiger charge is 2.39. The molecular weight excluding hydrogens is 344 g/mol. The van der Waals surface area contributed by atoms with Gasteiger partial charge in [0.15, 0.2) is 6.61 Å². The molecule has 1 N–H and O–H groups in total. The van der Waals surface area contributed by atoms with E-state index in [0.29, 0.717) is 11.8 Å². The van der Waals surface area contributed by atoms with Crippen molar-refractivity contribution in [2.45, 2.75) is 64.3 Å². The summed E-state index contributed by atoms with van der Waals surface area (Å²) in [6, 6.07) is 1.91. The summed E-state index contributed by atoms with van der Waals surface area (Å²) in [6.45, 7) is 2.73. The van der Waals surface area contributed by atoms with Crippen LogP contribution in [0.3, 0.4) is 0 Å². The Morgan fingerprint density at radius 3 is 2.85 bits per heavy atom. The summed E-state index contributed by atoms with van der Waals surface area (Å²) in [5.74, 6) is 0.369. The number of likely N-dealkylation sites (tertiary alicyclic amines) is 1. The van der Waals surface area contributed by atoms with Crippen LogP contribution in [0.15, 0.2) is 10.9 Å². The van der Waals surface area contributed by atoms with Crippen LogP contribution in [-0.4, -0.2) is 41.0 Å². The Bertz CT molecular complexity index is 800. The number of nitrogens with zero attached hydrogens (tertiary/aromatic N) is 1. The van der Waals surface area contributed by atoms with Crippen molar-refractivity contribution >= 4 is 11.9 Å². The van der Waals surface area contributed by atoms with E-state index in [0.717, 1.165) is 56.3 Å². The van der Waals surface area contributed by atoms with E-state index in [1.54, 1.807) is 6.07 Å². The van der Waals surface area contributed by atoms with Crippen LogP contribution in [0.2, 0.25) is 0 Å². The first-order chi connectivity index (χ1) is 13.0. The van der Waals surface area contributed by atoms with E-state index in [4.69, 9.17) is 4.74 Å². The number of ether oxygens (including phenoxy) is 1. The molecule has 0 aromatic carbocycles. The van der Waals surface area contributed by atoms with Gasteiger partial charge < -0.3 is 14.6 Å². The van der Waals surface area contributed by atoms with E-state index in [1.807, 2.05) is 4.90 Å². The molecule has 0 spiro atoms. The highest BCUT2D eigenvalue weighted by molar-refractivity contribution is 5.91. The maximum Gasteiger partial charge on any atom is 0.344 e. The van der Waals surface area contributed by atoms with Gasteiger partial charge in [-0.3, -0.25) is 9.59 Å². The highest BCUT2D eigenvalue weighted by atomic mass is 16.5. The first kappa shape index (κ1) is 18.3. The maximum atomic E-state index is 12.7. The van der Waals surface area contributed by atoms with Crippen molar-refractivity contribution < 1.29 is 14.3 Å². The van der Waals surface area contributed by atoms with Gasteiger partial charge in [-0.1, -0.05) is 19.8 Å². The lowest BCUT2D eigenvalue weighted by Gasteiger charge is -2.47. The largest absolute Gasteiger partial charge is 0.452 e. The van der Waals surface area contributed by atoms with E-state index in [9.17, 15) is 14.4 Å². The molecule has 1 aliphatic heterocycles. The van der Waals surface area contributed by atoms with E-state index in [1.165, 1.54) is 12.8 Å². The number of fused-ring (bicyclic) bond motifs is 2. The Morgan fingerprint density at radius 1 is 1.19 bits per heavy atom. The fraction of sp³-hybridized carbons (Fsp3) is 0.667. The molecule has 1 amide bonds. The number of piperidine rings is 1. The molecule has 27 heavy (non-hydrogen) atoms. The molecular formula is C21H28N2O4. The summed E-state index contributed by atoms with van der Waals surface area (Å²) in [5, 5.41) is 0. The van der Waals surface area contributed by atoms with Gasteiger partial charge in [0.05, 0.1) is 0 Å². The zero-order valence-corrected chi connectivity index (χ0v) is 16.0. The van der Waals surface area contributed by atoms with Crippen LogP contribution in [-0.2, 0) is 22.4 Å². The third-order valence-corrected chi connectivity index (χ3v) is 6.69. The number of rotatable bonds is 3. The monoisotopic (exact) mass is 372 g/mol. The molecule has 4 rings (SSSR count). The number of aromatic nitrogens is 1. The number of aryl methyl sites for hydroxylation is 2. The minimum absolute atomic E-state index is 0.00580. The van der Waals surface area contributed by atoms with Crippen molar-refractivity contribution in [2.75, 3.05) is 13.2 Å². The van der Waals surface area contributed by atoms with Crippen LogP contribution in [0, 0.1) is 11.8 Å². The lowest BCUT2D eigenvalue weighted by atomic mass is 9.72. The number of H-pyrrole nitrogens is 1. The zero-order chi connectivity index (χ0) is 19.0. The van der Waals surface area contributed by atoms with Crippen molar-refractivity contribution in [1.82, 2.24) is 9.88 Å². The lowest BCUT2D eigenvalue weighted by Crippen LogP contribution is -2.53. The number of carbonyl (C=O) groups excluding carboxylic acids is 2. The van der Waals surface area contributed by atoms with Crippen molar-refractivity contribution in [3.8, 4) is 0 Å². The standard InChI is InChI=1S/C21H28N2O4/c1-13-9-10-23(18-8-3-2-6-15(13)18)19(24)12-27-21(26)16-11-14-5-4-7-17(14)22-20(16)25/h11,13,15,18H,2-10,12H2,1H3,(H,22,25)/t13-,15-,18-/m1/s1. The molecule has 6 heteroatoms. The predicted octanol–water partition coefficient (Wildman–Crippen LogP) is 2.45. The second-order valence-electron chi connectivity index (χ2n) is 8.31. The zero-order valence-electron chi connectivity index (χ0n) is 16.0. The van der Waals surface area contributed by atoms with Gasteiger partial charge in [-0.05, 0) is 62.0 Å². The summed E-state index contributed by atoms with van der Waals surface area (Å²) < 4.78 is 5.24. The third-order valence-electron chi connectivity index (χ3n) is 6.69. The second-order valence-corrected chi connectivity index (χ2v) is 8.31. The third kappa shape index (κ3) is 3.54. The molecule has 2 heterocycles. The molecule has 6 nitrogen and oxygen atoms in total. The quantitative estimate of drug-likeness (QED) is 0.827. The fourth-order valence-electron chi connectivity index (χ4n) is 5.18. The van der Waals surface area contributed by atoms with Crippen LogP contribution >= 0.6 is 0 Å². The van der Waals surface area contributed by atoms with Gasteiger partial charge in [-0.15, -0.1) is 0 Å². The van der Waals surface area contributed by atoms with Gasteiger partial charge in [0, 0.05) is 18.3 Å². The molecule has 3 aliphatic rings.